The zero-order chi connectivity index (χ0) is 21.3. The van der Waals surface area contributed by atoms with Crippen LogP contribution >= 0.6 is 0 Å². The summed E-state index contributed by atoms with van der Waals surface area (Å²) < 4.78 is 5.34. The number of quaternary nitrogens is 1. The molecule has 7 heteroatoms. The van der Waals surface area contributed by atoms with E-state index in [2.05, 4.69) is 12.2 Å². The molecule has 3 heterocycles. The molecule has 3 amide bonds. The second kappa shape index (κ2) is 8.68. The van der Waals surface area contributed by atoms with Crippen molar-refractivity contribution in [1.29, 1.82) is 0 Å². The summed E-state index contributed by atoms with van der Waals surface area (Å²) in [5.41, 5.74) is 2.37. The van der Waals surface area contributed by atoms with Crippen LogP contribution in [-0.2, 0) is 4.79 Å². The van der Waals surface area contributed by atoms with Gasteiger partial charge in [0.2, 0.25) is 0 Å². The predicted molar refractivity (Wildman–Crippen MR) is 114 cm³/mol. The topological polar surface area (TPSA) is 66.3 Å². The number of likely N-dealkylation sites (tertiary alicyclic amines) is 1. The van der Waals surface area contributed by atoms with Gasteiger partial charge >= 0.3 is 6.03 Å². The monoisotopic (exact) mass is 413 g/mol. The Balaban J connectivity index is 1.48. The molecule has 1 unspecified atom stereocenters. The van der Waals surface area contributed by atoms with E-state index in [9.17, 15) is 9.59 Å². The summed E-state index contributed by atoms with van der Waals surface area (Å²) in [5, 5.41) is 2.99. The second-order valence-electron chi connectivity index (χ2n) is 8.71. The van der Waals surface area contributed by atoms with Crippen LogP contribution in [0.3, 0.4) is 0 Å². The van der Waals surface area contributed by atoms with Crippen LogP contribution in [0.2, 0.25) is 0 Å². The molecule has 4 rings (SSSR count). The number of likely N-dealkylation sites (N-methyl/N-ethyl adjacent to an activating group) is 1. The maximum Gasteiger partial charge on any atom is 0.322 e. The van der Waals surface area contributed by atoms with E-state index < -0.39 is 6.04 Å². The number of methoxy groups -OCH3 is 1. The number of hydrogen-bond acceptors (Lipinski definition) is 3. The molecule has 3 aliphatic rings. The highest BCUT2D eigenvalue weighted by molar-refractivity contribution is 6.01. The number of carbonyl (C=O) groups excluding carboxylic acids is 2. The molecule has 1 saturated heterocycles. The molecule has 1 fully saturated rings. The number of ether oxygens (including phenoxy) is 1. The van der Waals surface area contributed by atoms with Gasteiger partial charge in [-0.25, -0.2) is 4.79 Å². The number of nitrogens with one attached hydrogen (secondary N) is 2. The Morgan fingerprint density at radius 2 is 2.10 bits per heavy atom. The van der Waals surface area contributed by atoms with Gasteiger partial charge in [-0.1, -0.05) is 12.1 Å². The lowest BCUT2D eigenvalue weighted by atomic mass is 9.95. The third-order valence-corrected chi connectivity index (χ3v) is 6.87. The van der Waals surface area contributed by atoms with Crippen LogP contribution < -0.4 is 15.0 Å². The van der Waals surface area contributed by atoms with Crippen LogP contribution in [0.1, 0.15) is 44.2 Å². The number of piperidine rings is 1. The van der Waals surface area contributed by atoms with E-state index in [1.807, 2.05) is 29.2 Å². The van der Waals surface area contributed by atoms with Crippen LogP contribution in [0.5, 0.6) is 5.75 Å². The van der Waals surface area contributed by atoms with Crippen molar-refractivity contribution in [1.82, 2.24) is 15.1 Å². The normalized spacial score (nSPS) is 26.7. The average Bonchev–Trinajstić information content (AvgIpc) is 3.09. The van der Waals surface area contributed by atoms with Gasteiger partial charge in [-0.15, -0.1) is 0 Å². The minimum absolute atomic E-state index is 0.0337. The molecule has 1 aromatic carbocycles. The Morgan fingerprint density at radius 1 is 1.27 bits per heavy atom. The Labute approximate surface area is 178 Å². The Hall–Kier alpha value is -2.54. The summed E-state index contributed by atoms with van der Waals surface area (Å²) in [7, 11) is 3.35. The molecule has 0 radical (unpaired) electrons. The van der Waals surface area contributed by atoms with Crippen molar-refractivity contribution < 1.29 is 19.2 Å². The van der Waals surface area contributed by atoms with Gasteiger partial charge in [0.15, 0.2) is 0 Å². The number of amides is 3. The molecule has 30 heavy (non-hydrogen) atoms. The summed E-state index contributed by atoms with van der Waals surface area (Å²) in [6, 6.07) is 7.66. The molecule has 3 atom stereocenters. The van der Waals surface area contributed by atoms with E-state index >= 15 is 0 Å². The lowest BCUT2D eigenvalue weighted by molar-refractivity contribution is -0.928. The first-order valence-electron chi connectivity index (χ1n) is 11.0. The van der Waals surface area contributed by atoms with E-state index in [-0.39, 0.29) is 11.9 Å². The van der Waals surface area contributed by atoms with Gasteiger partial charge in [-0.2, -0.15) is 0 Å². The molecule has 0 aliphatic carbocycles. The highest BCUT2D eigenvalue weighted by Gasteiger charge is 2.42. The highest BCUT2D eigenvalue weighted by atomic mass is 16.5. The number of urea groups is 1. The Bertz CT molecular complexity index is 853. The smallest absolute Gasteiger partial charge is 0.322 e. The Morgan fingerprint density at radius 3 is 2.87 bits per heavy atom. The number of carbonyl (C=O) groups is 2. The van der Waals surface area contributed by atoms with Crippen LogP contribution in [0.15, 0.2) is 35.5 Å². The number of hydrogen-bond donors (Lipinski definition) is 2. The third-order valence-electron chi connectivity index (χ3n) is 6.87. The van der Waals surface area contributed by atoms with Gasteiger partial charge in [-0.3, -0.25) is 9.69 Å². The maximum atomic E-state index is 13.3. The standard InChI is InChI=1S/C23H32N4O3/c1-16-8-4-5-11-26(16)12-7-13-27-15-19-20(22(27)28)21(24-23(29)25(19)2)17-9-6-10-18(14-17)30-3/h6,9-10,14,16,21H,4-5,7-8,11-13,15H2,1-3H3,(H,24,29)/p+1/t16-,21-/m0/s1. The zero-order valence-electron chi connectivity index (χ0n) is 18.2. The van der Waals surface area contributed by atoms with Crippen molar-refractivity contribution in [2.75, 3.05) is 40.3 Å². The molecule has 162 valence electrons. The highest BCUT2D eigenvalue weighted by Crippen LogP contribution is 2.36. The SMILES string of the molecule is COc1cccc([C@@H]2NC(=O)N(C)C3=C2C(=O)N(CCC[NH+]2CCCC[C@@H]2C)C3)c1. The molecule has 1 aromatic rings. The Kier molecular flexibility index (Phi) is 5.99. The summed E-state index contributed by atoms with van der Waals surface area (Å²) in [6.45, 7) is 5.91. The fourth-order valence-corrected chi connectivity index (χ4v) is 5.00. The molecule has 2 N–H and O–H groups in total. The maximum absolute atomic E-state index is 13.3. The first-order valence-corrected chi connectivity index (χ1v) is 11.0. The van der Waals surface area contributed by atoms with E-state index in [1.165, 1.54) is 25.8 Å². The number of nitrogens with zero attached hydrogens (tertiary/aromatic N) is 2. The van der Waals surface area contributed by atoms with Crippen molar-refractivity contribution in [3.63, 3.8) is 0 Å². The number of rotatable bonds is 6. The van der Waals surface area contributed by atoms with Crippen molar-refractivity contribution >= 4 is 11.9 Å². The van der Waals surface area contributed by atoms with Gasteiger partial charge < -0.3 is 19.9 Å². The van der Waals surface area contributed by atoms with E-state index in [0.717, 1.165) is 30.8 Å². The van der Waals surface area contributed by atoms with Gasteiger partial charge in [0.05, 0.1) is 50.1 Å². The van der Waals surface area contributed by atoms with Crippen molar-refractivity contribution in [3.8, 4) is 5.75 Å². The molecular formula is C23H33N4O3+. The summed E-state index contributed by atoms with van der Waals surface area (Å²) in [5.74, 6) is 0.745. The summed E-state index contributed by atoms with van der Waals surface area (Å²) >= 11 is 0. The molecule has 3 aliphatic heterocycles. The molecular weight excluding hydrogens is 380 g/mol. The van der Waals surface area contributed by atoms with Crippen LogP contribution in [0, 0.1) is 0 Å². The minimum Gasteiger partial charge on any atom is -0.497 e. The average molecular weight is 414 g/mol. The van der Waals surface area contributed by atoms with Crippen molar-refractivity contribution in [2.45, 2.75) is 44.7 Å². The number of benzene rings is 1. The van der Waals surface area contributed by atoms with Crippen molar-refractivity contribution in [2.24, 2.45) is 0 Å². The third kappa shape index (κ3) is 3.90. The van der Waals surface area contributed by atoms with E-state index in [1.54, 1.807) is 24.0 Å². The first kappa shape index (κ1) is 20.7. The van der Waals surface area contributed by atoms with Gasteiger partial charge in [0, 0.05) is 20.0 Å². The fraction of sp³-hybridized carbons (Fsp3) is 0.565. The molecule has 0 spiro atoms. The zero-order valence-corrected chi connectivity index (χ0v) is 18.2. The first-order chi connectivity index (χ1) is 14.5. The van der Waals surface area contributed by atoms with Crippen molar-refractivity contribution in [3.05, 3.63) is 41.1 Å². The summed E-state index contributed by atoms with van der Waals surface area (Å²) in [6.07, 6.45) is 4.93. The molecule has 0 bridgehead atoms. The van der Waals surface area contributed by atoms with Gasteiger partial charge in [0.25, 0.3) is 5.91 Å². The van der Waals surface area contributed by atoms with Crippen LogP contribution in [-0.4, -0.2) is 68.1 Å². The lowest BCUT2D eigenvalue weighted by Gasteiger charge is -2.31. The van der Waals surface area contributed by atoms with E-state index in [0.29, 0.717) is 23.9 Å². The molecule has 0 aromatic heterocycles. The van der Waals surface area contributed by atoms with Gasteiger partial charge in [0.1, 0.15) is 5.75 Å². The largest absolute Gasteiger partial charge is 0.497 e. The molecule has 0 saturated carbocycles. The second-order valence-corrected chi connectivity index (χ2v) is 8.71. The quantitative estimate of drug-likeness (QED) is 0.740. The minimum atomic E-state index is -0.441. The lowest BCUT2D eigenvalue weighted by Crippen LogP contribution is -3.16. The van der Waals surface area contributed by atoms with Crippen LogP contribution in [0.4, 0.5) is 4.79 Å². The van der Waals surface area contributed by atoms with Crippen LogP contribution in [0.25, 0.3) is 0 Å². The molecule has 7 nitrogen and oxygen atoms in total. The summed E-state index contributed by atoms with van der Waals surface area (Å²) in [4.78, 5) is 31.0. The predicted octanol–water partition coefficient (Wildman–Crippen LogP) is 1.34. The van der Waals surface area contributed by atoms with E-state index in [4.69, 9.17) is 4.74 Å². The fourth-order valence-electron chi connectivity index (χ4n) is 5.00. The van der Waals surface area contributed by atoms with Gasteiger partial charge in [-0.05, 0) is 43.9 Å².